The Labute approximate surface area is 288 Å². The Morgan fingerprint density at radius 3 is 1.94 bits per heavy atom. The van der Waals surface area contributed by atoms with Crippen molar-refractivity contribution in [1.82, 2.24) is 5.32 Å². The molecule has 1 N–H and O–H groups in total. The number of halogens is 1. The number of benzene rings is 5. The molecule has 1 aliphatic rings. The van der Waals surface area contributed by atoms with Crippen LogP contribution >= 0.6 is 11.6 Å². The van der Waals surface area contributed by atoms with E-state index in [1.165, 1.54) is 6.08 Å². The third kappa shape index (κ3) is 8.09. The van der Waals surface area contributed by atoms with Crippen molar-refractivity contribution in [2.45, 2.75) is 19.8 Å². The lowest BCUT2D eigenvalue weighted by atomic mass is 10.1. The second-order valence-electron chi connectivity index (χ2n) is 11.0. The largest absolute Gasteiger partial charge is 0.493 e. The topological polar surface area (TPSA) is 103 Å². The van der Waals surface area contributed by atoms with Gasteiger partial charge in [0.2, 0.25) is 0 Å². The molecule has 9 nitrogen and oxygen atoms in total. The van der Waals surface area contributed by atoms with Crippen LogP contribution in [0.5, 0.6) is 23.0 Å². The Morgan fingerprint density at radius 2 is 1.27 bits per heavy atom. The molecule has 5 aromatic rings. The minimum Gasteiger partial charge on any atom is -0.493 e. The lowest BCUT2D eigenvalue weighted by Crippen LogP contribution is -2.54. The maximum atomic E-state index is 13.6. The number of carbonyl (C=O) groups excluding carboxylic acids is 3. The van der Waals surface area contributed by atoms with Crippen molar-refractivity contribution in [3.8, 4) is 23.0 Å². The van der Waals surface area contributed by atoms with E-state index in [9.17, 15) is 14.4 Å². The van der Waals surface area contributed by atoms with Gasteiger partial charge in [-0.3, -0.25) is 14.9 Å². The first-order chi connectivity index (χ1) is 23.9. The molecule has 0 radical (unpaired) electrons. The highest BCUT2D eigenvalue weighted by Gasteiger charge is 2.37. The number of methoxy groups -OCH3 is 1. The van der Waals surface area contributed by atoms with Gasteiger partial charge in [0, 0.05) is 10.6 Å². The zero-order valence-corrected chi connectivity index (χ0v) is 27.2. The first-order valence-corrected chi connectivity index (χ1v) is 15.7. The number of imide groups is 2. The van der Waals surface area contributed by atoms with Crippen LogP contribution in [0.2, 0.25) is 5.02 Å². The quantitative estimate of drug-likeness (QED) is 0.107. The van der Waals surface area contributed by atoms with Crippen LogP contribution in [0.1, 0.15) is 22.3 Å². The Bertz CT molecular complexity index is 2000. The highest BCUT2D eigenvalue weighted by molar-refractivity contribution is 6.39. The second kappa shape index (κ2) is 15.2. The smallest absolute Gasteiger partial charge is 0.335 e. The molecule has 0 spiro atoms. The number of barbiturate groups is 1. The Balaban J connectivity index is 1.17. The maximum Gasteiger partial charge on any atom is 0.335 e. The number of ether oxygens (including phenoxy) is 4. The number of amides is 4. The number of rotatable bonds is 12. The molecule has 1 heterocycles. The monoisotopic (exact) mass is 674 g/mol. The van der Waals surface area contributed by atoms with Gasteiger partial charge in [0.15, 0.2) is 11.5 Å². The summed E-state index contributed by atoms with van der Waals surface area (Å²) in [6.45, 7) is 0.882. The second-order valence-corrected chi connectivity index (χ2v) is 11.4. The summed E-state index contributed by atoms with van der Waals surface area (Å²) in [6, 6.07) is 35.4. The van der Waals surface area contributed by atoms with Crippen molar-refractivity contribution >= 4 is 41.2 Å². The number of anilines is 1. The summed E-state index contributed by atoms with van der Waals surface area (Å²) >= 11 is 6.31. The Kier molecular flexibility index (Phi) is 10.2. The molecule has 0 saturated carbocycles. The summed E-state index contributed by atoms with van der Waals surface area (Å²) in [5, 5.41) is 2.61. The fourth-order valence-corrected chi connectivity index (χ4v) is 5.24. The molecule has 4 amide bonds. The first kappa shape index (κ1) is 32.9. The predicted molar refractivity (Wildman–Crippen MR) is 186 cm³/mol. The van der Waals surface area contributed by atoms with Crippen molar-refractivity contribution in [3.05, 3.63) is 154 Å². The van der Waals surface area contributed by atoms with E-state index in [0.717, 1.165) is 21.6 Å². The fourth-order valence-electron chi connectivity index (χ4n) is 5.06. The van der Waals surface area contributed by atoms with E-state index in [1.807, 2.05) is 78.9 Å². The number of carbonyl (C=O) groups is 3. The van der Waals surface area contributed by atoms with Gasteiger partial charge >= 0.3 is 6.03 Å². The molecule has 1 aliphatic heterocycles. The number of urea groups is 1. The number of hydrogen-bond donors (Lipinski definition) is 1. The predicted octanol–water partition coefficient (Wildman–Crippen LogP) is 7.75. The Morgan fingerprint density at radius 1 is 0.653 bits per heavy atom. The Hall–Kier alpha value is -6.06. The lowest BCUT2D eigenvalue weighted by Gasteiger charge is -2.26. The van der Waals surface area contributed by atoms with Gasteiger partial charge in [0.1, 0.15) is 36.9 Å². The van der Waals surface area contributed by atoms with Gasteiger partial charge in [-0.15, -0.1) is 0 Å². The fraction of sp³-hybridized carbons (Fsp3) is 0.103. The van der Waals surface area contributed by atoms with Gasteiger partial charge in [-0.25, -0.2) is 9.69 Å². The third-order valence-corrected chi connectivity index (χ3v) is 7.81. The number of hydrogen-bond acceptors (Lipinski definition) is 7. The third-order valence-electron chi connectivity index (χ3n) is 7.58. The van der Waals surface area contributed by atoms with E-state index in [2.05, 4.69) is 5.32 Å². The van der Waals surface area contributed by atoms with Crippen LogP contribution in [0, 0.1) is 0 Å². The van der Waals surface area contributed by atoms with Crippen LogP contribution in [-0.4, -0.2) is 25.0 Å². The van der Waals surface area contributed by atoms with Gasteiger partial charge in [0.25, 0.3) is 11.8 Å². The van der Waals surface area contributed by atoms with E-state index >= 15 is 0 Å². The molecule has 1 fully saturated rings. The normalized spacial score (nSPS) is 13.6. The zero-order chi connectivity index (χ0) is 34.2. The lowest BCUT2D eigenvalue weighted by molar-refractivity contribution is -0.122. The average Bonchev–Trinajstić information content (AvgIpc) is 3.12. The van der Waals surface area contributed by atoms with Gasteiger partial charge < -0.3 is 18.9 Å². The number of nitrogens with zero attached hydrogens (tertiary/aromatic N) is 1. The van der Waals surface area contributed by atoms with E-state index in [0.29, 0.717) is 46.8 Å². The average molecular weight is 675 g/mol. The van der Waals surface area contributed by atoms with Gasteiger partial charge in [-0.1, -0.05) is 78.3 Å². The molecule has 0 aliphatic carbocycles. The molecule has 0 unspecified atom stereocenters. The van der Waals surface area contributed by atoms with E-state index in [1.54, 1.807) is 49.6 Å². The summed E-state index contributed by atoms with van der Waals surface area (Å²) < 4.78 is 23.5. The summed E-state index contributed by atoms with van der Waals surface area (Å²) in [6.07, 6.45) is 1.36. The minimum atomic E-state index is -0.863. The molecule has 246 valence electrons. The van der Waals surface area contributed by atoms with Crippen LogP contribution in [0.4, 0.5) is 10.5 Å². The van der Waals surface area contributed by atoms with Crippen molar-refractivity contribution in [3.63, 3.8) is 0 Å². The van der Waals surface area contributed by atoms with E-state index < -0.39 is 17.8 Å². The van der Waals surface area contributed by atoms with Crippen molar-refractivity contribution in [1.29, 1.82) is 0 Å². The standard InChI is InChI=1S/C39H31ClN2O7/c1-46-36-20-28(12-18-35(36)49-24-27-10-6-3-7-11-27)25-48-34-19-13-30(40)21-29(34)22-33-37(43)41-39(45)42(38(33)44)31-14-16-32(17-15-31)47-23-26-8-4-2-5-9-26/h2-22H,23-25H2,1H3,(H,41,43,45)/b33-22-. The molecule has 1 saturated heterocycles. The highest BCUT2D eigenvalue weighted by atomic mass is 35.5. The summed E-state index contributed by atoms with van der Waals surface area (Å²) in [5.74, 6) is 0.410. The zero-order valence-electron chi connectivity index (χ0n) is 26.4. The molecule has 6 rings (SSSR count). The van der Waals surface area contributed by atoms with E-state index in [4.69, 9.17) is 30.5 Å². The first-order valence-electron chi connectivity index (χ1n) is 15.3. The van der Waals surface area contributed by atoms with Crippen LogP contribution in [0.3, 0.4) is 0 Å². The van der Waals surface area contributed by atoms with E-state index in [-0.39, 0.29) is 17.9 Å². The van der Waals surface area contributed by atoms with Gasteiger partial charge in [0.05, 0.1) is 12.8 Å². The summed E-state index contributed by atoms with van der Waals surface area (Å²) in [7, 11) is 1.56. The SMILES string of the molecule is COc1cc(COc2ccc(Cl)cc2/C=C2/C(=O)NC(=O)N(c3ccc(OCc4ccccc4)cc3)C2=O)ccc1OCc1ccccc1. The van der Waals surface area contributed by atoms with Crippen LogP contribution in [0.15, 0.2) is 127 Å². The van der Waals surface area contributed by atoms with Crippen molar-refractivity contribution in [2.75, 3.05) is 12.0 Å². The molecule has 0 bridgehead atoms. The van der Waals surface area contributed by atoms with Crippen molar-refractivity contribution in [2.24, 2.45) is 0 Å². The van der Waals surface area contributed by atoms with Crippen molar-refractivity contribution < 1.29 is 33.3 Å². The molecule has 10 heteroatoms. The number of nitrogens with one attached hydrogen (secondary N) is 1. The molecule has 0 aromatic heterocycles. The van der Waals surface area contributed by atoms with Crippen LogP contribution in [0.25, 0.3) is 6.08 Å². The highest BCUT2D eigenvalue weighted by Crippen LogP contribution is 2.32. The van der Waals surface area contributed by atoms with Gasteiger partial charge in [-0.2, -0.15) is 0 Å². The molecule has 49 heavy (non-hydrogen) atoms. The van der Waals surface area contributed by atoms with Gasteiger partial charge in [-0.05, 0) is 77.4 Å². The molecule has 5 aromatic carbocycles. The summed E-state index contributed by atoms with van der Waals surface area (Å²) in [4.78, 5) is 40.3. The maximum absolute atomic E-state index is 13.6. The molecule has 0 atom stereocenters. The molecular weight excluding hydrogens is 644 g/mol. The van der Waals surface area contributed by atoms with Crippen LogP contribution in [-0.2, 0) is 29.4 Å². The minimum absolute atomic E-state index is 0.135. The summed E-state index contributed by atoms with van der Waals surface area (Å²) in [5.41, 5.74) is 3.19. The van der Waals surface area contributed by atoms with Crippen LogP contribution < -0.4 is 29.2 Å². The molecular formula is C39H31ClN2O7.